The molecule has 1 aromatic heterocycles. The summed E-state index contributed by atoms with van der Waals surface area (Å²) in [6, 6.07) is 14.1. The van der Waals surface area contributed by atoms with E-state index in [9.17, 15) is 14.0 Å². The number of halogens is 3. The summed E-state index contributed by atoms with van der Waals surface area (Å²) in [6.07, 6.45) is 1.46. The minimum absolute atomic E-state index is 0.222. The third-order valence-corrected chi connectivity index (χ3v) is 6.37. The predicted octanol–water partition coefficient (Wildman–Crippen LogP) is 5.22. The zero-order chi connectivity index (χ0) is 24.8. The first-order chi connectivity index (χ1) is 16.9. The molecule has 0 unspecified atom stereocenters. The van der Waals surface area contributed by atoms with Crippen LogP contribution < -0.4 is 5.32 Å². The maximum absolute atomic E-state index is 13.3. The fourth-order valence-corrected chi connectivity index (χ4v) is 4.30. The molecule has 2 aromatic carbocycles. The van der Waals surface area contributed by atoms with E-state index in [1.54, 1.807) is 52.3 Å². The molecule has 0 radical (unpaired) electrons. The number of rotatable bonds is 7. The maximum atomic E-state index is 13.3. The van der Waals surface area contributed by atoms with Gasteiger partial charge in [-0.2, -0.15) is 0 Å². The van der Waals surface area contributed by atoms with Gasteiger partial charge >= 0.3 is 6.03 Å². The smallest absolute Gasteiger partial charge is 0.321 e. The summed E-state index contributed by atoms with van der Waals surface area (Å²) < 4.78 is 18.6. The third-order valence-electron chi connectivity index (χ3n) is 5.82. The summed E-state index contributed by atoms with van der Waals surface area (Å²) >= 11 is 12.1. The largest absolute Gasteiger partial charge is 0.459 e. The Hall–Kier alpha value is -3.07. The Morgan fingerprint density at radius 3 is 2.43 bits per heavy atom. The molecule has 0 bridgehead atoms. The number of urea groups is 1. The highest BCUT2D eigenvalue weighted by Crippen LogP contribution is 2.25. The van der Waals surface area contributed by atoms with Crippen LogP contribution in [0.1, 0.15) is 16.1 Å². The second-order valence-electron chi connectivity index (χ2n) is 8.21. The Balaban J connectivity index is 1.31. The summed E-state index contributed by atoms with van der Waals surface area (Å²) in [5.74, 6) is -0.287. The molecule has 1 fully saturated rings. The number of nitrogens with zero attached hydrogens (tertiary/aromatic N) is 3. The molecule has 3 amide bonds. The molecule has 1 aliphatic rings. The second-order valence-corrected chi connectivity index (χ2v) is 9.06. The molecule has 0 aliphatic carbocycles. The molecule has 1 aliphatic heterocycles. The summed E-state index contributed by atoms with van der Waals surface area (Å²) in [4.78, 5) is 31.2. The monoisotopic (exact) mass is 518 g/mol. The van der Waals surface area contributed by atoms with Crippen molar-refractivity contribution in [1.82, 2.24) is 14.7 Å². The predicted molar refractivity (Wildman–Crippen MR) is 133 cm³/mol. The Morgan fingerprint density at radius 1 is 1.03 bits per heavy atom. The van der Waals surface area contributed by atoms with Gasteiger partial charge < -0.3 is 19.5 Å². The summed E-state index contributed by atoms with van der Waals surface area (Å²) in [6.45, 7) is 3.85. The van der Waals surface area contributed by atoms with Crippen molar-refractivity contribution in [1.29, 1.82) is 0 Å². The summed E-state index contributed by atoms with van der Waals surface area (Å²) in [5, 5.41) is 3.70. The molecule has 4 rings (SSSR count). The van der Waals surface area contributed by atoms with Gasteiger partial charge in [-0.15, -0.1) is 0 Å². The van der Waals surface area contributed by atoms with Gasteiger partial charge in [0.05, 0.1) is 17.0 Å². The molecular weight excluding hydrogens is 494 g/mol. The number of hydrogen-bond acceptors (Lipinski definition) is 4. The van der Waals surface area contributed by atoms with Crippen LogP contribution in [0.5, 0.6) is 0 Å². The topological polar surface area (TPSA) is 69.0 Å². The van der Waals surface area contributed by atoms with Crippen LogP contribution in [0.25, 0.3) is 0 Å². The SMILES string of the molecule is O=C(Nc1ccc(Cl)cc1Cl)N1CCN(CCN(Cc2ccc(F)cc2)C(=O)c2ccco2)CC1. The highest BCUT2D eigenvalue weighted by Gasteiger charge is 2.24. The van der Waals surface area contributed by atoms with Gasteiger partial charge in [0, 0.05) is 50.8 Å². The molecule has 1 saturated heterocycles. The minimum atomic E-state index is -0.321. The van der Waals surface area contributed by atoms with Crippen molar-refractivity contribution in [2.75, 3.05) is 44.6 Å². The van der Waals surface area contributed by atoms with E-state index in [2.05, 4.69) is 10.2 Å². The van der Waals surface area contributed by atoms with E-state index in [1.807, 2.05) is 0 Å². The fraction of sp³-hybridized carbons (Fsp3) is 0.280. The first-order valence-corrected chi connectivity index (χ1v) is 12.0. The maximum Gasteiger partial charge on any atom is 0.321 e. The fourth-order valence-electron chi connectivity index (χ4n) is 3.84. The normalized spacial score (nSPS) is 14.1. The van der Waals surface area contributed by atoms with E-state index in [0.29, 0.717) is 61.5 Å². The first kappa shape index (κ1) is 25.0. The highest BCUT2D eigenvalue weighted by molar-refractivity contribution is 6.36. The van der Waals surface area contributed by atoms with Gasteiger partial charge in [0.2, 0.25) is 0 Å². The Labute approximate surface area is 213 Å². The summed E-state index contributed by atoms with van der Waals surface area (Å²) in [5.41, 5.74) is 1.34. The molecule has 0 atom stereocenters. The van der Waals surface area contributed by atoms with E-state index in [1.165, 1.54) is 18.4 Å². The molecule has 184 valence electrons. The standard InChI is InChI=1S/C25H25Cl2FN4O3/c26-19-5-8-22(21(27)16-19)29-25(34)31-12-9-30(10-13-31)11-14-32(24(33)23-2-1-15-35-23)17-18-3-6-20(28)7-4-18/h1-8,15-16H,9-14,17H2,(H,29,34). The molecule has 7 nitrogen and oxygen atoms in total. The van der Waals surface area contributed by atoms with Crippen molar-refractivity contribution < 1.29 is 18.4 Å². The van der Waals surface area contributed by atoms with Crippen LogP contribution in [0, 0.1) is 5.82 Å². The average Bonchev–Trinajstić information content (AvgIpc) is 3.40. The van der Waals surface area contributed by atoms with E-state index in [0.717, 1.165) is 5.56 Å². The van der Waals surface area contributed by atoms with Gasteiger partial charge in [0.25, 0.3) is 5.91 Å². The Bertz CT molecular complexity index is 1150. The van der Waals surface area contributed by atoms with Gasteiger partial charge in [0.15, 0.2) is 5.76 Å². The first-order valence-electron chi connectivity index (χ1n) is 11.2. The van der Waals surface area contributed by atoms with Crippen molar-refractivity contribution in [2.24, 2.45) is 0 Å². The number of carbonyl (C=O) groups excluding carboxylic acids is 2. The molecule has 0 spiro atoms. The highest BCUT2D eigenvalue weighted by atomic mass is 35.5. The number of carbonyl (C=O) groups is 2. The Morgan fingerprint density at radius 2 is 1.77 bits per heavy atom. The molecule has 35 heavy (non-hydrogen) atoms. The number of hydrogen-bond donors (Lipinski definition) is 1. The van der Waals surface area contributed by atoms with Gasteiger partial charge in [0.1, 0.15) is 5.82 Å². The van der Waals surface area contributed by atoms with Crippen LogP contribution in [-0.2, 0) is 6.54 Å². The van der Waals surface area contributed by atoms with E-state index in [-0.39, 0.29) is 23.5 Å². The minimum Gasteiger partial charge on any atom is -0.459 e. The van der Waals surface area contributed by atoms with E-state index < -0.39 is 0 Å². The van der Waals surface area contributed by atoms with Crippen LogP contribution in [0.4, 0.5) is 14.9 Å². The van der Waals surface area contributed by atoms with Gasteiger partial charge in [-0.05, 0) is 48.0 Å². The molecule has 3 aromatic rings. The zero-order valence-electron chi connectivity index (χ0n) is 18.9. The molecule has 1 N–H and O–H groups in total. The number of furan rings is 1. The lowest BCUT2D eigenvalue weighted by molar-refractivity contribution is 0.0673. The number of piperazine rings is 1. The lowest BCUT2D eigenvalue weighted by Crippen LogP contribution is -2.51. The second kappa shape index (κ2) is 11.6. The van der Waals surface area contributed by atoms with Gasteiger partial charge in [-0.25, -0.2) is 9.18 Å². The molecule has 10 heteroatoms. The van der Waals surface area contributed by atoms with Crippen LogP contribution in [0.15, 0.2) is 65.3 Å². The van der Waals surface area contributed by atoms with Crippen molar-refractivity contribution in [3.63, 3.8) is 0 Å². The average molecular weight is 519 g/mol. The zero-order valence-corrected chi connectivity index (χ0v) is 20.4. The summed E-state index contributed by atoms with van der Waals surface area (Å²) in [7, 11) is 0. The van der Waals surface area contributed by atoms with Crippen LogP contribution >= 0.6 is 23.2 Å². The number of nitrogens with one attached hydrogen (secondary N) is 1. The van der Waals surface area contributed by atoms with E-state index in [4.69, 9.17) is 27.6 Å². The van der Waals surface area contributed by atoms with Crippen molar-refractivity contribution in [3.8, 4) is 0 Å². The number of amides is 3. The van der Waals surface area contributed by atoms with Crippen LogP contribution in [0.3, 0.4) is 0 Å². The third kappa shape index (κ3) is 6.75. The van der Waals surface area contributed by atoms with Gasteiger partial charge in [-0.3, -0.25) is 9.69 Å². The lowest BCUT2D eigenvalue weighted by atomic mass is 10.2. The molecular formula is C25H25Cl2FN4O3. The van der Waals surface area contributed by atoms with Crippen LogP contribution in [-0.4, -0.2) is 65.9 Å². The quantitative estimate of drug-likeness (QED) is 0.465. The molecule has 2 heterocycles. The molecule has 0 saturated carbocycles. The lowest BCUT2D eigenvalue weighted by Gasteiger charge is -2.35. The van der Waals surface area contributed by atoms with E-state index >= 15 is 0 Å². The van der Waals surface area contributed by atoms with Crippen molar-refractivity contribution >= 4 is 40.8 Å². The van der Waals surface area contributed by atoms with Crippen LogP contribution in [0.2, 0.25) is 10.0 Å². The van der Waals surface area contributed by atoms with Crippen molar-refractivity contribution in [2.45, 2.75) is 6.54 Å². The van der Waals surface area contributed by atoms with Crippen molar-refractivity contribution in [3.05, 3.63) is 88.0 Å². The number of anilines is 1. The van der Waals surface area contributed by atoms with Gasteiger partial charge in [-0.1, -0.05) is 35.3 Å². The Kier molecular flexibility index (Phi) is 8.28. The number of benzene rings is 2.